The van der Waals surface area contributed by atoms with Gasteiger partial charge in [-0.3, -0.25) is 10.1 Å². The number of nitrogens with zero attached hydrogens (tertiary/aromatic N) is 1. The smallest absolute Gasteiger partial charge is 0.257 e. The zero-order chi connectivity index (χ0) is 15.5. The van der Waals surface area contributed by atoms with E-state index in [1.807, 2.05) is 67.8 Å². The molecule has 3 rings (SSSR count). The highest BCUT2D eigenvalue weighted by molar-refractivity contribution is 7.14. The van der Waals surface area contributed by atoms with E-state index in [0.717, 1.165) is 22.4 Å². The number of hydrogen-bond acceptors (Lipinski definition) is 3. The van der Waals surface area contributed by atoms with Gasteiger partial charge in [0.25, 0.3) is 5.91 Å². The predicted octanol–water partition coefficient (Wildman–Crippen LogP) is 4.68. The Balaban J connectivity index is 1.81. The quantitative estimate of drug-likeness (QED) is 0.763. The lowest BCUT2D eigenvalue weighted by atomic mass is 10.0. The standard InChI is InChI=1S/C18H16N2OS/c1-12-7-6-10-15(13(12)2)17(21)20-18-19-16(11-22-18)14-8-4-3-5-9-14/h3-11H,1-2H3,(H,19,20,21). The van der Waals surface area contributed by atoms with Gasteiger partial charge in [-0.05, 0) is 31.0 Å². The molecule has 3 nitrogen and oxygen atoms in total. The van der Waals surface area contributed by atoms with Gasteiger partial charge in [-0.25, -0.2) is 4.98 Å². The molecule has 0 spiro atoms. The van der Waals surface area contributed by atoms with Gasteiger partial charge >= 0.3 is 0 Å². The molecule has 2 aromatic carbocycles. The van der Waals surface area contributed by atoms with Crippen molar-refractivity contribution in [2.24, 2.45) is 0 Å². The van der Waals surface area contributed by atoms with E-state index in [9.17, 15) is 4.79 Å². The molecule has 0 saturated carbocycles. The number of rotatable bonds is 3. The number of benzene rings is 2. The predicted molar refractivity (Wildman–Crippen MR) is 91.4 cm³/mol. The summed E-state index contributed by atoms with van der Waals surface area (Å²) in [6, 6.07) is 15.7. The van der Waals surface area contributed by atoms with Gasteiger partial charge in [-0.1, -0.05) is 42.5 Å². The highest BCUT2D eigenvalue weighted by Crippen LogP contribution is 2.25. The van der Waals surface area contributed by atoms with Gasteiger partial charge in [-0.15, -0.1) is 11.3 Å². The summed E-state index contributed by atoms with van der Waals surface area (Å²) in [5, 5.41) is 5.45. The number of thiazole rings is 1. The SMILES string of the molecule is Cc1cccc(C(=O)Nc2nc(-c3ccccc3)cs2)c1C. The highest BCUT2D eigenvalue weighted by Gasteiger charge is 2.12. The number of nitrogens with one attached hydrogen (secondary N) is 1. The molecule has 3 aromatic rings. The van der Waals surface area contributed by atoms with Crippen molar-refractivity contribution in [3.05, 3.63) is 70.6 Å². The summed E-state index contributed by atoms with van der Waals surface area (Å²) in [6.45, 7) is 3.96. The maximum atomic E-state index is 12.4. The van der Waals surface area contributed by atoms with Crippen molar-refractivity contribution in [3.63, 3.8) is 0 Å². The molecular formula is C18H16N2OS. The van der Waals surface area contributed by atoms with E-state index < -0.39 is 0 Å². The van der Waals surface area contributed by atoms with E-state index in [1.54, 1.807) is 0 Å². The number of aromatic nitrogens is 1. The van der Waals surface area contributed by atoms with Gasteiger partial charge < -0.3 is 0 Å². The second-order valence-corrected chi connectivity index (χ2v) is 5.96. The lowest BCUT2D eigenvalue weighted by Crippen LogP contribution is -2.13. The Bertz CT molecular complexity index is 809. The Labute approximate surface area is 133 Å². The zero-order valence-corrected chi connectivity index (χ0v) is 13.3. The molecule has 0 aliphatic heterocycles. The van der Waals surface area contributed by atoms with Crippen LogP contribution in [0.2, 0.25) is 0 Å². The van der Waals surface area contributed by atoms with E-state index in [4.69, 9.17) is 0 Å². The third kappa shape index (κ3) is 2.92. The summed E-state index contributed by atoms with van der Waals surface area (Å²) in [4.78, 5) is 16.9. The summed E-state index contributed by atoms with van der Waals surface area (Å²) in [7, 11) is 0. The van der Waals surface area contributed by atoms with Crippen molar-refractivity contribution in [2.75, 3.05) is 5.32 Å². The van der Waals surface area contributed by atoms with Gasteiger partial charge in [0.15, 0.2) is 5.13 Å². The van der Waals surface area contributed by atoms with Crippen molar-refractivity contribution >= 4 is 22.4 Å². The summed E-state index contributed by atoms with van der Waals surface area (Å²) in [6.07, 6.45) is 0. The minimum Gasteiger partial charge on any atom is -0.298 e. The maximum absolute atomic E-state index is 12.4. The number of carbonyl (C=O) groups is 1. The number of hydrogen-bond donors (Lipinski definition) is 1. The average Bonchev–Trinajstić information content (AvgIpc) is 2.99. The van der Waals surface area contributed by atoms with Gasteiger partial charge in [0.05, 0.1) is 5.69 Å². The Kier molecular flexibility index (Phi) is 4.02. The Morgan fingerprint density at radius 3 is 2.59 bits per heavy atom. The number of carbonyl (C=O) groups excluding carboxylic acids is 1. The first-order valence-corrected chi connectivity index (χ1v) is 7.91. The summed E-state index contributed by atoms with van der Waals surface area (Å²) in [5.74, 6) is -0.116. The minimum atomic E-state index is -0.116. The molecule has 1 aromatic heterocycles. The van der Waals surface area contributed by atoms with Gasteiger partial charge in [0, 0.05) is 16.5 Å². The van der Waals surface area contributed by atoms with Crippen LogP contribution in [0, 0.1) is 13.8 Å². The largest absolute Gasteiger partial charge is 0.298 e. The third-order valence-electron chi connectivity index (χ3n) is 3.64. The fourth-order valence-electron chi connectivity index (χ4n) is 2.23. The van der Waals surface area contributed by atoms with Crippen LogP contribution in [-0.4, -0.2) is 10.9 Å². The summed E-state index contributed by atoms with van der Waals surface area (Å²) < 4.78 is 0. The number of anilines is 1. The molecule has 0 fully saturated rings. The highest BCUT2D eigenvalue weighted by atomic mass is 32.1. The molecule has 0 aliphatic carbocycles. The van der Waals surface area contributed by atoms with Gasteiger partial charge in [0.2, 0.25) is 0 Å². The molecule has 0 radical (unpaired) electrons. The van der Waals surface area contributed by atoms with Crippen LogP contribution in [-0.2, 0) is 0 Å². The van der Waals surface area contributed by atoms with Crippen molar-refractivity contribution in [1.29, 1.82) is 0 Å². The van der Waals surface area contributed by atoms with E-state index >= 15 is 0 Å². The first-order chi connectivity index (χ1) is 10.6. The fourth-order valence-corrected chi connectivity index (χ4v) is 2.95. The molecule has 0 unspecified atom stereocenters. The lowest BCUT2D eigenvalue weighted by Gasteiger charge is -2.07. The van der Waals surface area contributed by atoms with E-state index in [0.29, 0.717) is 10.7 Å². The molecule has 0 aliphatic rings. The summed E-state index contributed by atoms with van der Waals surface area (Å²) in [5.41, 5.74) is 4.72. The molecule has 4 heteroatoms. The normalized spacial score (nSPS) is 10.5. The molecule has 1 amide bonds. The van der Waals surface area contributed by atoms with E-state index in [2.05, 4.69) is 10.3 Å². The molecule has 1 heterocycles. The lowest BCUT2D eigenvalue weighted by molar-refractivity contribution is 0.102. The van der Waals surface area contributed by atoms with Crippen molar-refractivity contribution < 1.29 is 4.79 Å². The molecule has 0 saturated heterocycles. The van der Waals surface area contributed by atoms with Crippen molar-refractivity contribution in [1.82, 2.24) is 4.98 Å². The number of amides is 1. The monoisotopic (exact) mass is 308 g/mol. The second kappa shape index (κ2) is 6.12. The van der Waals surface area contributed by atoms with Crippen LogP contribution in [0.25, 0.3) is 11.3 Å². The van der Waals surface area contributed by atoms with Crippen LogP contribution in [0.15, 0.2) is 53.9 Å². The minimum absolute atomic E-state index is 0.116. The van der Waals surface area contributed by atoms with E-state index in [1.165, 1.54) is 11.3 Å². The van der Waals surface area contributed by atoms with E-state index in [-0.39, 0.29) is 5.91 Å². The van der Waals surface area contributed by atoms with Gasteiger partial charge in [-0.2, -0.15) is 0 Å². The molecule has 22 heavy (non-hydrogen) atoms. The molecule has 0 bridgehead atoms. The topological polar surface area (TPSA) is 42.0 Å². The van der Waals surface area contributed by atoms with Crippen LogP contribution < -0.4 is 5.32 Å². The first kappa shape index (κ1) is 14.5. The van der Waals surface area contributed by atoms with Crippen LogP contribution in [0.3, 0.4) is 0 Å². The maximum Gasteiger partial charge on any atom is 0.257 e. The average molecular weight is 308 g/mol. The molecule has 110 valence electrons. The van der Waals surface area contributed by atoms with Crippen LogP contribution in [0.4, 0.5) is 5.13 Å². The van der Waals surface area contributed by atoms with Gasteiger partial charge in [0.1, 0.15) is 0 Å². The zero-order valence-electron chi connectivity index (χ0n) is 12.5. The first-order valence-electron chi connectivity index (χ1n) is 7.03. The van der Waals surface area contributed by atoms with Crippen LogP contribution in [0.5, 0.6) is 0 Å². The van der Waals surface area contributed by atoms with Crippen molar-refractivity contribution in [2.45, 2.75) is 13.8 Å². The Morgan fingerprint density at radius 2 is 1.82 bits per heavy atom. The fraction of sp³-hybridized carbons (Fsp3) is 0.111. The number of aryl methyl sites for hydroxylation is 1. The molecule has 1 N–H and O–H groups in total. The Morgan fingerprint density at radius 1 is 1.05 bits per heavy atom. The third-order valence-corrected chi connectivity index (χ3v) is 4.40. The second-order valence-electron chi connectivity index (χ2n) is 5.11. The molecular weight excluding hydrogens is 292 g/mol. The van der Waals surface area contributed by atoms with Crippen molar-refractivity contribution in [3.8, 4) is 11.3 Å². The van der Waals surface area contributed by atoms with Crippen LogP contribution in [0.1, 0.15) is 21.5 Å². The summed E-state index contributed by atoms with van der Waals surface area (Å²) >= 11 is 1.43. The van der Waals surface area contributed by atoms with Crippen LogP contribution >= 0.6 is 11.3 Å². The Hall–Kier alpha value is -2.46. The molecule has 0 atom stereocenters.